The number of nitrogens with zero attached hydrogens (tertiary/aromatic N) is 1. The molecule has 1 amide bonds. The van der Waals surface area contributed by atoms with E-state index in [0.29, 0.717) is 18.0 Å². The Bertz CT molecular complexity index is 525. The first kappa shape index (κ1) is 18.6. The molecule has 2 rings (SSSR count). The summed E-state index contributed by atoms with van der Waals surface area (Å²) in [5.41, 5.74) is 1.09. The molecule has 0 aliphatic carbocycles. The van der Waals surface area contributed by atoms with Gasteiger partial charge in [0, 0.05) is 6.54 Å². The Hall–Kier alpha value is -1.75. The van der Waals surface area contributed by atoms with Gasteiger partial charge in [-0.3, -0.25) is 4.79 Å². The van der Waals surface area contributed by atoms with Crippen molar-refractivity contribution in [1.29, 1.82) is 0 Å². The molecule has 1 saturated heterocycles. The van der Waals surface area contributed by atoms with Gasteiger partial charge >= 0.3 is 0 Å². The summed E-state index contributed by atoms with van der Waals surface area (Å²) in [7, 11) is 1.60. The lowest BCUT2D eigenvalue weighted by Gasteiger charge is -2.30. The molecule has 1 aromatic carbocycles. The number of aryl methyl sites for hydroxylation is 1. The van der Waals surface area contributed by atoms with Gasteiger partial charge in [-0.05, 0) is 69.4 Å². The summed E-state index contributed by atoms with van der Waals surface area (Å²) in [6.07, 6.45) is 3.56. The standard InChI is InChI=1S/C19H30N2O3/c1-15-7-11-21(12-8-15)10-4-9-20-19(22)14-24-17-6-5-16(2)13-18(17)23-3/h5-6,13,15H,4,7-12,14H2,1-3H3,(H,20,22). The van der Waals surface area contributed by atoms with Gasteiger partial charge in [0.2, 0.25) is 0 Å². The van der Waals surface area contributed by atoms with Crippen LogP contribution >= 0.6 is 0 Å². The van der Waals surface area contributed by atoms with Gasteiger partial charge in [0.1, 0.15) is 0 Å². The van der Waals surface area contributed by atoms with Gasteiger partial charge < -0.3 is 19.7 Å². The number of carbonyl (C=O) groups is 1. The van der Waals surface area contributed by atoms with E-state index in [1.54, 1.807) is 7.11 Å². The highest BCUT2D eigenvalue weighted by atomic mass is 16.5. The molecular formula is C19H30N2O3. The Morgan fingerprint density at radius 3 is 2.75 bits per heavy atom. The fourth-order valence-corrected chi connectivity index (χ4v) is 2.90. The maximum Gasteiger partial charge on any atom is 0.257 e. The zero-order valence-corrected chi connectivity index (χ0v) is 15.1. The molecule has 1 aliphatic heterocycles. The van der Waals surface area contributed by atoms with Gasteiger partial charge in [0.25, 0.3) is 5.91 Å². The second kappa shape index (κ2) is 9.52. The van der Waals surface area contributed by atoms with Gasteiger partial charge in [0.15, 0.2) is 18.1 Å². The molecule has 1 heterocycles. The Morgan fingerprint density at radius 2 is 2.04 bits per heavy atom. The Balaban J connectivity index is 1.61. The molecule has 0 spiro atoms. The SMILES string of the molecule is COc1cc(C)ccc1OCC(=O)NCCCN1CCC(C)CC1. The number of carbonyl (C=O) groups excluding carboxylic acids is 1. The van der Waals surface area contributed by atoms with Crippen LogP contribution in [0.2, 0.25) is 0 Å². The summed E-state index contributed by atoms with van der Waals surface area (Å²) in [5, 5.41) is 2.92. The summed E-state index contributed by atoms with van der Waals surface area (Å²) < 4.78 is 10.8. The molecule has 0 radical (unpaired) electrons. The normalized spacial score (nSPS) is 16.0. The third-order valence-corrected chi connectivity index (χ3v) is 4.53. The van der Waals surface area contributed by atoms with Crippen molar-refractivity contribution in [1.82, 2.24) is 10.2 Å². The molecule has 0 atom stereocenters. The van der Waals surface area contributed by atoms with E-state index in [1.165, 1.54) is 25.9 Å². The van der Waals surface area contributed by atoms with Crippen molar-refractivity contribution >= 4 is 5.91 Å². The predicted molar refractivity (Wildman–Crippen MR) is 95.7 cm³/mol. The van der Waals surface area contributed by atoms with E-state index in [0.717, 1.165) is 24.4 Å². The average Bonchev–Trinajstić information content (AvgIpc) is 2.59. The van der Waals surface area contributed by atoms with Crippen LogP contribution in [0.15, 0.2) is 18.2 Å². The Labute approximate surface area is 145 Å². The third-order valence-electron chi connectivity index (χ3n) is 4.53. The molecule has 1 aliphatic rings. The largest absolute Gasteiger partial charge is 0.493 e. The van der Waals surface area contributed by atoms with Gasteiger partial charge in [-0.25, -0.2) is 0 Å². The van der Waals surface area contributed by atoms with E-state index >= 15 is 0 Å². The monoisotopic (exact) mass is 334 g/mol. The molecular weight excluding hydrogens is 304 g/mol. The molecule has 5 nitrogen and oxygen atoms in total. The number of benzene rings is 1. The first-order chi connectivity index (χ1) is 11.6. The maximum atomic E-state index is 11.9. The van der Waals surface area contributed by atoms with Crippen LogP contribution in [0.1, 0.15) is 31.7 Å². The number of hydrogen-bond donors (Lipinski definition) is 1. The van der Waals surface area contributed by atoms with Crippen LogP contribution in [0.3, 0.4) is 0 Å². The molecule has 1 N–H and O–H groups in total. The lowest BCUT2D eigenvalue weighted by Crippen LogP contribution is -2.36. The van der Waals surface area contributed by atoms with Crippen molar-refractivity contribution in [2.45, 2.75) is 33.1 Å². The minimum atomic E-state index is -0.0927. The van der Waals surface area contributed by atoms with E-state index in [2.05, 4.69) is 17.1 Å². The molecule has 0 unspecified atom stereocenters. The number of rotatable bonds is 8. The zero-order chi connectivity index (χ0) is 17.4. The zero-order valence-electron chi connectivity index (χ0n) is 15.1. The summed E-state index contributed by atoms with van der Waals surface area (Å²) in [4.78, 5) is 14.4. The highest BCUT2D eigenvalue weighted by Gasteiger charge is 2.15. The number of nitrogens with one attached hydrogen (secondary N) is 1. The molecule has 134 valence electrons. The van der Waals surface area contributed by atoms with Crippen LogP contribution < -0.4 is 14.8 Å². The van der Waals surface area contributed by atoms with E-state index in [4.69, 9.17) is 9.47 Å². The quantitative estimate of drug-likeness (QED) is 0.743. The highest BCUT2D eigenvalue weighted by Crippen LogP contribution is 2.27. The molecule has 24 heavy (non-hydrogen) atoms. The van der Waals surface area contributed by atoms with E-state index < -0.39 is 0 Å². The van der Waals surface area contributed by atoms with Crippen molar-refractivity contribution < 1.29 is 14.3 Å². The molecule has 0 aromatic heterocycles. The average molecular weight is 334 g/mol. The van der Waals surface area contributed by atoms with E-state index in [1.807, 2.05) is 25.1 Å². The van der Waals surface area contributed by atoms with E-state index in [-0.39, 0.29) is 12.5 Å². The van der Waals surface area contributed by atoms with Crippen molar-refractivity contribution in [2.24, 2.45) is 5.92 Å². The number of likely N-dealkylation sites (tertiary alicyclic amines) is 1. The van der Waals surface area contributed by atoms with Gasteiger partial charge in [-0.1, -0.05) is 13.0 Å². The van der Waals surface area contributed by atoms with Crippen molar-refractivity contribution in [3.8, 4) is 11.5 Å². The topological polar surface area (TPSA) is 50.8 Å². The highest BCUT2D eigenvalue weighted by molar-refractivity contribution is 5.77. The predicted octanol–water partition coefficient (Wildman–Crippen LogP) is 2.62. The van der Waals surface area contributed by atoms with Crippen molar-refractivity contribution in [3.05, 3.63) is 23.8 Å². The summed E-state index contributed by atoms with van der Waals surface area (Å²) in [5.74, 6) is 2.02. The first-order valence-electron chi connectivity index (χ1n) is 8.85. The molecule has 0 saturated carbocycles. The smallest absolute Gasteiger partial charge is 0.257 e. The fourth-order valence-electron chi connectivity index (χ4n) is 2.90. The Kier molecular flexibility index (Phi) is 7.37. The second-order valence-corrected chi connectivity index (χ2v) is 6.67. The molecule has 0 bridgehead atoms. The van der Waals surface area contributed by atoms with Crippen LogP contribution in [0, 0.1) is 12.8 Å². The van der Waals surface area contributed by atoms with Crippen molar-refractivity contribution in [2.75, 3.05) is 39.9 Å². The number of amides is 1. The van der Waals surface area contributed by atoms with Crippen LogP contribution in [0.4, 0.5) is 0 Å². The lowest BCUT2D eigenvalue weighted by atomic mass is 9.99. The summed E-state index contributed by atoms with van der Waals surface area (Å²) >= 11 is 0. The van der Waals surface area contributed by atoms with Gasteiger partial charge in [0.05, 0.1) is 7.11 Å². The Morgan fingerprint density at radius 1 is 1.29 bits per heavy atom. The number of ether oxygens (including phenoxy) is 2. The number of piperidine rings is 1. The lowest BCUT2D eigenvalue weighted by molar-refractivity contribution is -0.123. The van der Waals surface area contributed by atoms with E-state index in [9.17, 15) is 4.79 Å². The molecule has 1 fully saturated rings. The third kappa shape index (κ3) is 6.04. The van der Waals surface area contributed by atoms with Crippen LogP contribution in [0.25, 0.3) is 0 Å². The van der Waals surface area contributed by atoms with Crippen LogP contribution in [-0.4, -0.2) is 50.7 Å². The number of hydrogen-bond acceptors (Lipinski definition) is 4. The minimum absolute atomic E-state index is 0.0145. The van der Waals surface area contributed by atoms with Crippen LogP contribution in [-0.2, 0) is 4.79 Å². The minimum Gasteiger partial charge on any atom is -0.493 e. The summed E-state index contributed by atoms with van der Waals surface area (Å²) in [6.45, 7) is 8.44. The molecule has 5 heteroatoms. The van der Waals surface area contributed by atoms with Gasteiger partial charge in [-0.15, -0.1) is 0 Å². The summed E-state index contributed by atoms with van der Waals surface area (Å²) in [6, 6.07) is 5.67. The van der Waals surface area contributed by atoms with Gasteiger partial charge in [-0.2, -0.15) is 0 Å². The maximum absolute atomic E-state index is 11.9. The second-order valence-electron chi connectivity index (χ2n) is 6.67. The number of methoxy groups -OCH3 is 1. The van der Waals surface area contributed by atoms with Crippen LogP contribution in [0.5, 0.6) is 11.5 Å². The fraction of sp³-hybridized carbons (Fsp3) is 0.632. The van der Waals surface area contributed by atoms with Crippen molar-refractivity contribution in [3.63, 3.8) is 0 Å². The molecule has 1 aromatic rings. The first-order valence-corrected chi connectivity index (χ1v) is 8.85.